The minimum absolute atomic E-state index is 0.0981. The molecule has 1 saturated heterocycles. The van der Waals surface area contributed by atoms with Gasteiger partial charge >= 0.3 is 0 Å². The van der Waals surface area contributed by atoms with Crippen LogP contribution in [0.5, 0.6) is 5.75 Å². The molecule has 0 spiro atoms. The number of rotatable bonds is 7. The zero-order valence-electron chi connectivity index (χ0n) is 13.7. The van der Waals surface area contributed by atoms with Crippen molar-refractivity contribution < 1.29 is 14.3 Å². The first-order valence-corrected chi connectivity index (χ1v) is 8.69. The molecule has 1 atom stereocenters. The lowest BCUT2D eigenvalue weighted by Crippen LogP contribution is -2.31. The second-order valence-corrected chi connectivity index (χ2v) is 6.46. The fourth-order valence-corrected chi connectivity index (χ4v) is 3.79. The van der Waals surface area contributed by atoms with Crippen molar-refractivity contribution >= 4 is 17.7 Å². The molecule has 0 saturated carbocycles. The zero-order chi connectivity index (χ0) is 16.9. The fourth-order valence-electron chi connectivity index (χ4n) is 2.64. The van der Waals surface area contributed by atoms with E-state index >= 15 is 0 Å². The normalized spacial score (nSPS) is 17.5. The molecule has 24 heavy (non-hydrogen) atoms. The van der Waals surface area contributed by atoms with Crippen LogP contribution in [0.3, 0.4) is 0 Å². The summed E-state index contributed by atoms with van der Waals surface area (Å²) in [6, 6.07) is 7.82. The third-order valence-corrected chi connectivity index (χ3v) is 5.06. The number of nitrogens with zero attached hydrogens (tertiary/aromatic N) is 4. The highest BCUT2D eigenvalue weighted by atomic mass is 32.2. The van der Waals surface area contributed by atoms with E-state index in [1.807, 2.05) is 30.5 Å². The van der Waals surface area contributed by atoms with Gasteiger partial charge in [0.1, 0.15) is 16.8 Å². The monoisotopic (exact) mass is 348 g/mol. The lowest BCUT2D eigenvalue weighted by Gasteiger charge is -2.21. The third-order valence-electron chi connectivity index (χ3n) is 3.84. The first-order valence-electron chi connectivity index (χ1n) is 7.65. The molecular weight excluding hydrogens is 328 g/mol. The molecule has 0 radical (unpaired) electrons. The van der Waals surface area contributed by atoms with Crippen LogP contribution in [-0.2, 0) is 16.1 Å². The van der Waals surface area contributed by atoms with Crippen molar-refractivity contribution in [2.24, 2.45) is 0 Å². The Balaban J connectivity index is 1.74. The molecule has 1 amide bonds. The van der Waals surface area contributed by atoms with Gasteiger partial charge in [0.25, 0.3) is 0 Å². The van der Waals surface area contributed by atoms with Gasteiger partial charge in [-0.05, 0) is 6.07 Å². The van der Waals surface area contributed by atoms with E-state index in [9.17, 15) is 4.79 Å². The molecule has 1 aliphatic rings. The van der Waals surface area contributed by atoms with Gasteiger partial charge in [-0.25, -0.2) is 4.68 Å². The summed E-state index contributed by atoms with van der Waals surface area (Å²) in [6.07, 6.45) is 1.89. The standard InChI is InChI=1S/C16H20N4O3S/c1-22-8-7-20-15(21)11-24-16(20)13-10-19(18-17-13)9-12-5-3-4-6-14(12)23-2/h3-6,10,16H,7-9,11H2,1-2H3/t16-/m0/s1. The van der Waals surface area contributed by atoms with E-state index in [4.69, 9.17) is 9.47 Å². The highest BCUT2D eigenvalue weighted by Crippen LogP contribution is 2.37. The van der Waals surface area contributed by atoms with Gasteiger partial charge in [0.05, 0.1) is 32.2 Å². The van der Waals surface area contributed by atoms with Crippen molar-refractivity contribution in [2.45, 2.75) is 11.9 Å². The maximum Gasteiger partial charge on any atom is 0.233 e. The molecule has 128 valence electrons. The maximum atomic E-state index is 12.0. The number of thioether (sulfide) groups is 1. The Labute approximate surface area is 144 Å². The second kappa shape index (κ2) is 7.67. The van der Waals surface area contributed by atoms with Crippen LogP contribution in [0.25, 0.3) is 0 Å². The fraction of sp³-hybridized carbons (Fsp3) is 0.438. The Kier molecular flexibility index (Phi) is 5.37. The van der Waals surface area contributed by atoms with Crippen LogP contribution in [0.1, 0.15) is 16.6 Å². The summed E-state index contributed by atoms with van der Waals surface area (Å²) < 4.78 is 12.2. The Hall–Kier alpha value is -2.06. The Morgan fingerprint density at radius 1 is 1.33 bits per heavy atom. The second-order valence-electron chi connectivity index (χ2n) is 5.40. The van der Waals surface area contributed by atoms with Crippen LogP contribution in [0, 0.1) is 0 Å². The summed E-state index contributed by atoms with van der Waals surface area (Å²) >= 11 is 1.57. The number of benzene rings is 1. The van der Waals surface area contributed by atoms with E-state index in [0.29, 0.717) is 25.4 Å². The summed E-state index contributed by atoms with van der Waals surface area (Å²) in [5, 5.41) is 8.36. The van der Waals surface area contributed by atoms with Crippen LogP contribution < -0.4 is 4.74 Å². The van der Waals surface area contributed by atoms with Crippen molar-refractivity contribution in [1.29, 1.82) is 0 Å². The van der Waals surface area contributed by atoms with Crippen LogP contribution in [0.2, 0.25) is 0 Å². The van der Waals surface area contributed by atoms with Crippen molar-refractivity contribution in [3.05, 3.63) is 41.7 Å². The molecular formula is C16H20N4O3S. The summed E-state index contributed by atoms with van der Waals surface area (Å²) in [7, 11) is 3.28. The molecule has 0 N–H and O–H groups in total. The van der Waals surface area contributed by atoms with Crippen LogP contribution in [-0.4, -0.2) is 58.9 Å². The van der Waals surface area contributed by atoms with Crippen molar-refractivity contribution in [3.63, 3.8) is 0 Å². The number of amides is 1. The van der Waals surface area contributed by atoms with Crippen LogP contribution in [0.4, 0.5) is 0 Å². The number of carbonyl (C=O) groups is 1. The molecule has 1 aromatic carbocycles. The van der Waals surface area contributed by atoms with Crippen LogP contribution in [0.15, 0.2) is 30.5 Å². The molecule has 2 aromatic rings. The minimum Gasteiger partial charge on any atom is -0.496 e. The summed E-state index contributed by atoms with van der Waals surface area (Å²) in [6.45, 7) is 1.64. The summed E-state index contributed by atoms with van der Waals surface area (Å²) in [5.41, 5.74) is 1.82. The van der Waals surface area contributed by atoms with Crippen molar-refractivity contribution in [1.82, 2.24) is 19.9 Å². The smallest absolute Gasteiger partial charge is 0.233 e. The molecule has 1 aromatic heterocycles. The predicted molar refractivity (Wildman–Crippen MR) is 90.9 cm³/mol. The van der Waals surface area contributed by atoms with Crippen molar-refractivity contribution in [2.75, 3.05) is 33.1 Å². The van der Waals surface area contributed by atoms with E-state index in [1.54, 1.807) is 35.6 Å². The van der Waals surface area contributed by atoms with E-state index < -0.39 is 0 Å². The molecule has 8 heteroatoms. The van der Waals surface area contributed by atoms with Gasteiger partial charge in [0.2, 0.25) is 5.91 Å². The van der Waals surface area contributed by atoms with Gasteiger partial charge in [0.15, 0.2) is 0 Å². The number of para-hydroxylation sites is 1. The number of methoxy groups -OCH3 is 2. The minimum atomic E-state index is -0.0981. The zero-order valence-corrected chi connectivity index (χ0v) is 14.5. The number of hydrogen-bond acceptors (Lipinski definition) is 6. The topological polar surface area (TPSA) is 69.5 Å². The average molecular weight is 348 g/mol. The maximum absolute atomic E-state index is 12.0. The number of carbonyl (C=O) groups excluding carboxylic acids is 1. The molecule has 2 heterocycles. The lowest BCUT2D eigenvalue weighted by atomic mass is 10.2. The summed E-state index contributed by atoms with van der Waals surface area (Å²) in [4.78, 5) is 13.8. The van der Waals surface area contributed by atoms with Crippen molar-refractivity contribution in [3.8, 4) is 5.75 Å². The van der Waals surface area contributed by atoms with Gasteiger partial charge in [-0.15, -0.1) is 16.9 Å². The molecule has 0 unspecified atom stereocenters. The summed E-state index contributed by atoms with van der Waals surface area (Å²) in [5.74, 6) is 1.40. The molecule has 0 bridgehead atoms. The quantitative estimate of drug-likeness (QED) is 0.756. The molecule has 7 nitrogen and oxygen atoms in total. The predicted octanol–water partition coefficient (Wildman–Crippen LogP) is 1.56. The number of hydrogen-bond donors (Lipinski definition) is 0. The van der Waals surface area contributed by atoms with Gasteiger partial charge in [-0.3, -0.25) is 4.79 Å². The van der Waals surface area contributed by atoms with E-state index in [-0.39, 0.29) is 11.3 Å². The highest BCUT2D eigenvalue weighted by Gasteiger charge is 2.34. The molecule has 1 aliphatic heterocycles. The number of ether oxygens (including phenoxy) is 2. The van der Waals surface area contributed by atoms with Gasteiger partial charge < -0.3 is 14.4 Å². The van der Waals surface area contributed by atoms with E-state index in [1.165, 1.54) is 0 Å². The Morgan fingerprint density at radius 3 is 2.96 bits per heavy atom. The highest BCUT2D eigenvalue weighted by molar-refractivity contribution is 8.00. The third kappa shape index (κ3) is 3.54. The largest absolute Gasteiger partial charge is 0.496 e. The average Bonchev–Trinajstić information content (AvgIpc) is 3.20. The van der Waals surface area contributed by atoms with Gasteiger partial charge in [0, 0.05) is 19.2 Å². The Morgan fingerprint density at radius 2 is 2.17 bits per heavy atom. The first kappa shape index (κ1) is 16.8. The lowest BCUT2D eigenvalue weighted by molar-refractivity contribution is -0.128. The van der Waals surface area contributed by atoms with E-state index in [2.05, 4.69) is 10.3 Å². The Bertz CT molecular complexity index is 706. The molecule has 0 aliphatic carbocycles. The van der Waals surface area contributed by atoms with Crippen LogP contribution >= 0.6 is 11.8 Å². The van der Waals surface area contributed by atoms with Gasteiger partial charge in [-0.1, -0.05) is 23.4 Å². The van der Waals surface area contributed by atoms with E-state index in [0.717, 1.165) is 17.0 Å². The SMILES string of the molecule is COCCN1C(=O)CS[C@H]1c1cn(Cc2ccccc2OC)nn1. The number of aromatic nitrogens is 3. The molecule has 3 rings (SSSR count). The first-order chi connectivity index (χ1) is 11.7. The van der Waals surface area contributed by atoms with Gasteiger partial charge in [-0.2, -0.15) is 0 Å². The molecule has 1 fully saturated rings.